The molecule has 0 heterocycles. The van der Waals surface area contributed by atoms with Gasteiger partial charge in [-0.25, -0.2) is 0 Å². The molecule has 0 amide bonds. The zero-order chi connectivity index (χ0) is 17.9. The third-order valence-corrected chi connectivity index (χ3v) is 4.04. The molecule has 0 aliphatic carbocycles. The van der Waals surface area contributed by atoms with E-state index in [1.165, 1.54) is 17.1 Å². The second kappa shape index (κ2) is 10.5. The molecule has 0 saturated carbocycles. The van der Waals surface area contributed by atoms with Gasteiger partial charge in [0, 0.05) is 0 Å². The van der Waals surface area contributed by atoms with Gasteiger partial charge in [0.1, 0.15) is 0 Å². The molecular formula is C16H18CoO7. The molecule has 0 fully saturated rings. The average molecular weight is 381 g/mol. The van der Waals surface area contributed by atoms with Crippen molar-refractivity contribution in [2.75, 3.05) is 6.61 Å². The van der Waals surface area contributed by atoms with Gasteiger partial charge in [0.15, 0.2) is 0 Å². The Labute approximate surface area is 143 Å². The fraction of sp³-hybridized carbons (Fsp3) is 0.312. The number of carbonyl (C=O) groups excluding carboxylic acids is 2. The number of hydrogen-bond acceptors (Lipinski definition) is 6. The number of ether oxygens (including phenoxy) is 2. The van der Waals surface area contributed by atoms with Crippen LogP contribution in [0.2, 0.25) is 5.36 Å². The Morgan fingerprint density at radius 1 is 1.21 bits per heavy atom. The Balaban J connectivity index is 2.59. The van der Waals surface area contributed by atoms with Gasteiger partial charge >= 0.3 is 133 Å². The minimum atomic E-state index is -1.46. The summed E-state index contributed by atoms with van der Waals surface area (Å²) in [4.78, 5) is 34.0. The first-order valence-corrected chi connectivity index (χ1v) is 8.76. The number of carbonyl (C=O) groups is 3. The molecule has 0 aliphatic rings. The van der Waals surface area contributed by atoms with Gasteiger partial charge in [-0.1, -0.05) is 0 Å². The number of para-hydroxylation sites is 1. The molecule has 0 aromatic heterocycles. The van der Waals surface area contributed by atoms with Crippen LogP contribution in [0.15, 0.2) is 35.9 Å². The second-order valence-corrected chi connectivity index (χ2v) is 6.38. The molecule has 7 nitrogen and oxygen atoms in total. The molecular weight excluding hydrogens is 363 g/mol. The van der Waals surface area contributed by atoms with Gasteiger partial charge in [-0.2, -0.15) is 0 Å². The molecule has 24 heavy (non-hydrogen) atoms. The summed E-state index contributed by atoms with van der Waals surface area (Å²) in [6.07, 6.45) is -0.230. The third kappa shape index (κ3) is 7.29. The van der Waals surface area contributed by atoms with Crippen LogP contribution in [0.5, 0.6) is 5.75 Å². The van der Waals surface area contributed by atoms with Gasteiger partial charge in [0.2, 0.25) is 0 Å². The van der Waals surface area contributed by atoms with E-state index in [9.17, 15) is 18.2 Å². The first kappa shape index (κ1) is 19.7. The van der Waals surface area contributed by atoms with Crippen LogP contribution in [0.3, 0.4) is 0 Å². The molecule has 133 valence electrons. The summed E-state index contributed by atoms with van der Waals surface area (Å²) >= 11 is -1.46. The Morgan fingerprint density at radius 3 is 2.58 bits per heavy atom. The van der Waals surface area contributed by atoms with Crippen molar-refractivity contribution in [3.63, 3.8) is 0 Å². The molecule has 0 aliphatic heterocycles. The number of hydrogen-bond donors (Lipinski definition) is 1. The van der Waals surface area contributed by atoms with Gasteiger partial charge in [-0.3, -0.25) is 4.79 Å². The molecule has 8 heteroatoms. The standard InChI is InChI=1S/C14H15O6.C2H3.Co.O/c1-2-9-19-14(18)10-5-3-4-6-11(10)20-13(17)8-7-12(15)16;1-2;;/h3-6H,1-2,7-9H2,(H,15,16);1H,2H2;;. The van der Waals surface area contributed by atoms with E-state index in [4.69, 9.17) is 14.6 Å². The van der Waals surface area contributed by atoms with Crippen LogP contribution in [0.4, 0.5) is 0 Å². The maximum atomic E-state index is 12.0. The zero-order valence-electron chi connectivity index (χ0n) is 12.9. The van der Waals surface area contributed by atoms with E-state index in [0.717, 1.165) is 0 Å². The van der Waals surface area contributed by atoms with Crippen molar-refractivity contribution in [3.05, 3.63) is 41.4 Å². The number of carboxylic acid groups (broad SMARTS) is 1. The van der Waals surface area contributed by atoms with Crippen molar-refractivity contribution in [3.8, 4) is 5.75 Å². The Bertz CT molecular complexity index is 639. The van der Waals surface area contributed by atoms with Crippen molar-refractivity contribution < 1.29 is 46.4 Å². The van der Waals surface area contributed by atoms with Gasteiger partial charge in [-0.05, 0) is 0 Å². The predicted octanol–water partition coefficient (Wildman–Crippen LogP) is 2.53. The third-order valence-electron chi connectivity index (χ3n) is 2.69. The zero-order valence-corrected chi connectivity index (χ0v) is 13.9. The predicted molar refractivity (Wildman–Crippen MR) is 79.5 cm³/mol. The molecule has 0 unspecified atom stereocenters. The van der Waals surface area contributed by atoms with E-state index in [1.807, 2.05) is 0 Å². The van der Waals surface area contributed by atoms with E-state index in [-0.39, 0.29) is 30.8 Å². The molecule has 0 spiro atoms. The molecule has 1 aromatic rings. The van der Waals surface area contributed by atoms with E-state index in [0.29, 0.717) is 11.8 Å². The minimum absolute atomic E-state index is 0.00917. The second-order valence-electron chi connectivity index (χ2n) is 4.47. The van der Waals surface area contributed by atoms with Crippen molar-refractivity contribution >= 4 is 17.9 Å². The Hall–Kier alpha value is -2.32. The quantitative estimate of drug-likeness (QED) is 0.377. The summed E-state index contributed by atoms with van der Waals surface area (Å²) in [5.41, 5.74) is 0.0640. The van der Waals surface area contributed by atoms with E-state index in [1.54, 1.807) is 12.1 Å². The van der Waals surface area contributed by atoms with Crippen molar-refractivity contribution in [1.29, 1.82) is 0 Å². The summed E-state index contributed by atoms with van der Waals surface area (Å²) in [6, 6.07) is 6.01. The SMILES string of the molecule is C=[CH][Co](=[O])[CH2]CCOC(=O)c1ccccc1OC(=O)CCC(=O)O. The number of esters is 2. The first-order chi connectivity index (χ1) is 11.4. The van der Waals surface area contributed by atoms with E-state index >= 15 is 0 Å². The Kier molecular flexibility index (Phi) is 8.59. The van der Waals surface area contributed by atoms with E-state index < -0.39 is 31.5 Å². The molecule has 0 atom stereocenters. The van der Waals surface area contributed by atoms with Gasteiger partial charge < -0.3 is 5.11 Å². The summed E-state index contributed by atoms with van der Waals surface area (Å²) in [6.45, 7) is 3.49. The molecule has 0 bridgehead atoms. The van der Waals surface area contributed by atoms with Gasteiger partial charge in [0.25, 0.3) is 0 Å². The fourth-order valence-electron chi connectivity index (χ4n) is 1.58. The van der Waals surface area contributed by atoms with Crippen LogP contribution in [-0.4, -0.2) is 29.6 Å². The molecule has 1 rings (SSSR count). The fourth-order valence-corrected chi connectivity index (χ4v) is 2.31. The van der Waals surface area contributed by atoms with Crippen LogP contribution in [0.25, 0.3) is 0 Å². The van der Waals surface area contributed by atoms with Crippen LogP contribution >= 0.6 is 0 Å². The molecule has 1 aromatic carbocycles. The number of rotatable bonds is 10. The molecule has 0 radical (unpaired) electrons. The number of carboxylic acids is 1. The van der Waals surface area contributed by atoms with Crippen LogP contribution < -0.4 is 4.74 Å². The number of benzene rings is 1. The van der Waals surface area contributed by atoms with E-state index in [2.05, 4.69) is 6.58 Å². The monoisotopic (exact) mass is 381 g/mol. The summed E-state index contributed by atoms with van der Waals surface area (Å²) < 4.78 is 21.3. The van der Waals surface area contributed by atoms with Crippen LogP contribution in [0, 0.1) is 0 Å². The summed E-state index contributed by atoms with van der Waals surface area (Å²) in [7, 11) is 0. The minimum Gasteiger partial charge on any atom is -0.481 e. The van der Waals surface area contributed by atoms with Crippen LogP contribution in [0.1, 0.15) is 29.6 Å². The van der Waals surface area contributed by atoms with Crippen molar-refractivity contribution in [1.82, 2.24) is 0 Å². The number of aliphatic carboxylic acids is 1. The van der Waals surface area contributed by atoms with Gasteiger partial charge in [0.05, 0.1) is 0 Å². The Morgan fingerprint density at radius 2 is 1.92 bits per heavy atom. The van der Waals surface area contributed by atoms with Crippen molar-refractivity contribution in [2.24, 2.45) is 0 Å². The maximum absolute atomic E-state index is 12.0. The summed E-state index contributed by atoms with van der Waals surface area (Å²) in [5, 5.41) is 10.3. The average Bonchev–Trinajstić information content (AvgIpc) is 2.56. The van der Waals surface area contributed by atoms with Crippen molar-refractivity contribution in [2.45, 2.75) is 24.6 Å². The first-order valence-electron chi connectivity index (χ1n) is 6.99. The normalized spacial score (nSPS) is 10.6. The molecule has 0 saturated heterocycles. The van der Waals surface area contributed by atoms with Crippen LogP contribution in [-0.2, 0) is 31.8 Å². The summed E-state index contributed by atoms with van der Waals surface area (Å²) in [5.74, 6) is -2.53. The smallest absolute Gasteiger partial charge is 0.481 e. The topological polar surface area (TPSA) is 107 Å². The molecule has 1 N–H and O–H groups in total. The van der Waals surface area contributed by atoms with Gasteiger partial charge in [-0.15, -0.1) is 0 Å².